The number of benzene rings is 1. The summed E-state index contributed by atoms with van der Waals surface area (Å²) in [6.45, 7) is 0. The lowest BCUT2D eigenvalue weighted by Gasteiger charge is -2.21. The van der Waals surface area contributed by atoms with E-state index in [1.165, 1.54) is 6.08 Å². The van der Waals surface area contributed by atoms with Crippen LogP contribution < -0.4 is 16.1 Å². The maximum Gasteiger partial charge on any atom is 0.345 e. The van der Waals surface area contributed by atoms with E-state index >= 15 is 0 Å². The molecule has 1 aliphatic rings. The lowest BCUT2D eigenvalue weighted by atomic mass is 10.1. The number of urea groups is 1. The van der Waals surface area contributed by atoms with Crippen LogP contribution in [0.3, 0.4) is 0 Å². The number of nitrogens with one attached hydrogen (secondary N) is 1. The van der Waals surface area contributed by atoms with Gasteiger partial charge in [0.15, 0.2) is 0 Å². The van der Waals surface area contributed by atoms with Crippen LogP contribution in [0.1, 0.15) is 5.56 Å². The van der Waals surface area contributed by atoms with Crippen LogP contribution in [0.15, 0.2) is 42.0 Å². The van der Waals surface area contributed by atoms with E-state index in [0.29, 0.717) is 5.01 Å². The topological polar surface area (TPSA) is 95.7 Å². The number of imide groups is 2. The lowest BCUT2D eigenvalue weighted by Crippen LogP contribution is -2.57. The molecule has 0 bridgehead atoms. The van der Waals surface area contributed by atoms with Crippen LogP contribution in [0.4, 0.5) is 10.5 Å². The number of barbiturate groups is 1. The second-order valence-corrected chi connectivity index (χ2v) is 4.83. The minimum atomic E-state index is -0.936. The summed E-state index contributed by atoms with van der Waals surface area (Å²) in [4.78, 5) is 36.5. The molecule has 0 spiro atoms. The second kappa shape index (κ2) is 6.23. The third-order valence-corrected chi connectivity index (χ3v) is 3.09. The molecule has 22 heavy (non-hydrogen) atoms. The van der Waals surface area contributed by atoms with E-state index in [0.717, 1.165) is 11.3 Å². The predicted molar refractivity (Wildman–Crippen MR) is 82.5 cm³/mol. The van der Waals surface area contributed by atoms with Crippen LogP contribution >= 0.6 is 0 Å². The highest BCUT2D eigenvalue weighted by Crippen LogP contribution is 2.19. The van der Waals surface area contributed by atoms with E-state index in [1.807, 2.05) is 48.6 Å². The molecule has 4 amide bonds. The van der Waals surface area contributed by atoms with Crippen LogP contribution in [0, 0.1) is 0 Å². The Kier molecular flexibility index (Phi) is 4.38. The van der Waals surface area contributed by atoms with Gasteiger partial charge in [0.1, 0.15) is 5.57 Å². The average Bonchev–Trinajstić information content (AvgIpc) is 2.48. The maximum absolute atomic E-state index is 11.8. The summed E-state index contributed by atoms with van der Waals surface area (Å²) in [5, 5.41) is 2.35. The minimum absolute atomic E-state index is 0.194. The fourth-order valence-corrected chi connectivity index (χ4v) is 1.97. The van der Waals surface area contributed by atoms with E-state index in [1.54, 1.807) is 12.2 Å². The maximum atomic E-state index is 11.8. The number of hydrogen-bond acceptors (Lipinski definition) is 5. The number of hydrazine groups is 1. The van der Waals surface area contributed by atoms with Crippen molar-refractivity contribution in [3.8, 4) is 0 Å². The van der Waals surface area contributed by atoms with Gasteiger partial charge in [-0.05, 0) is 17.7 Å². The van der Waals surface area contributed by atoms with E-state index in [9.17, 15) is 14.4 Å². The van der Waals surface area contributed by atoms with Crippen molar-refractivity contribution in [2.45, 2.75) is 0 Å². The van der Waals surface area contributed by atoms with Gasteiger partial charge in [-0.1, -0.05) is 30.4 Å². The van der Waals surface area contributed by atoms with Gasteiger partial charge < -0.3 is 4.90 Å². The largest absolute Gasteiger partial charge is 0.377 e. The van der Waals surface area contributed by atoms with Gasteiger partial charge in [0, 0.05) is 19.8 Å². The molecule has 0 saturated carbocycles. The molecular formula is C15H16N4O3. The van der Waals surface area contributed by atoms with Gasteiger partial charge in [-0.15, -0.1) is 0 Å². The van der Waals surface area contributed by atoms with Gasteiger partial charge in [0.25, 0.3) is 11.8 Å². The van der Waals surface area contributed by atoms with Crippen molar-refractivity contribution in [1.82, 2.24) is 10.3 Å². The van der Waals surface area contributed by atoms with E-state index < -0.39 is 17.8 Å². The molecule has 0 aromatic heterocycles. The van der Waals surface area contributed by atoms with Crippen molar-refractivity contribution < 1.29 is 14.4 Å². The van der Waals surface area contributed by atoms with Crippen molar-refractivity contribution in [2.24, 2.45) is 5.84 Å². The zero-order valence-electron chi connectivity index (χ0n) is 12.2. The number of para-hydroxylation sites is 1. The van der Waals surface area contributed by atoms with Crippen molar-refractivity contribution >= 4 is 29.6 Å². The normalized spacial score (nSPS) is 17.3. The van der Waals surface area contributed by atoms with Crippen LogP contribution in [0.25, 0.3) is 6.08 Å². The molecule has 3 N–H and O–H groups in total. The van der Waals surface area contributed by atoms with E-state index in [2.05, 4.69) is 0 Å². The number of nitrogens with zero attached hydrogens (tertiary/aromatic N) is 2. The summed E-state index contributed by atoms with van der Waals surface area (Å²) in [6.07, 6.45) is 4.66. The zero-order chi connectivity index (χ0) is 16.3. The molecule has 1 aromatic rings. The number of anilines is 1. The molecule has 1 saturated heterocycles. The lowest BCUT2D eigenvalue weighted by molar-refractivity contribution is -0.130. The van der Waals surface area contributed by atoms with Gasteiger partial charge >= 0.3 is 6.03 Å². The molecule has 1 fully saturated rings. The first-order valence-corrected chi connectivity index (χ1v) is 6.51. The summed E-state index contributed by atoms with van der Waals surface area (Å²) < 4.78 is 0. The fourth-order valence-electron chi connectivity index (χ4n) is 1.97. The summed E-state index contributed by atoms with van der Waals surface area (Å²) in [7, 11) is 3.84. The summed E-state index contributed by atoms with van der Waals surface area (Å²) in [6, 6.07) is 6.73. The summed E-state index contributed by atoms with van der Waals surface area (Å²) in [5.74, 6) is 3.67. The number of amides is 4. The Hall–Kier alpha value is -2.93. The third-order valence-electron chi connectivity index (χ3n) is 3.09. The van der Waals surface area contributed by atoms with Crippen molar-refractivity contribution in [3.05, 3.63) is 47.6 Å². The number of carbonyl (C=O) groups is 3. The Labute approximate surface area is 127 Å². The standard InChI is InChI=1S/C15H16N4O3/c1-18(2)12-9-4-3-6-10(12)7-5-8-11-13(20)17-15(22)19(16)14(11)21/h3-9H,16H2,1-2H3,(H,17,20,22)/b7-5+,11-8-. The molecule has 0 unspecified atom stereocenters. The van der Waals surface area contributed by atoms with Gasteiger partial charge in [-0.3, -0.25) is 14.9 Å². The highest BCUT2D eigenvalue weighted by atomic mass is 16.2. The highest BCUT2D eigenvalue weighted by Gasteiger charge is 2.33. The molecule has 7 heteroatoms. The van der Waals surface area contributed by atoms with E-state index in [-0.39, 0.29) is 5.57 Å². The minimum Gasteiger partial charge on any atom is -0.377 e. The summed E-state index contributed by atoms with van der Waals surface area (Å²) in [5.41, 5.74) is 1.72. The van der Waals surface area contributed by atoms with Crippen LogP contribution in [-0.2, 0) is 9.59 Å². The molecule has 0 radical (unpaired) electrons. The number of rotatable bonds is 3. The molecule has 1 aliphatic heterocycles. The number of carbonyl (C=O) groups excluding carboxylic acids is 3. The number of allylic oxidation sites excluding steroid dienone is 2. The van der Waals surface area contributed by atoms with Gasteiger partial charge in [-0.25, -0.2) is 10.6 Å². The first-order valence-electron chi connectivity index (χ1n) is 6.51. The predicted octanol–water partition coefficient (Wildman–Crippen LogP) is 0.644. The first-order chi connectivity index (χ1) is 10.4. The Bertz CT molecular complexity index is 692. The smallest absolute Gasteiger partial charge is 0.345 e. The molecule has 1 aromatic carbocycles. The molecule has 0 aliphatic carbocycles. The van der Waals surface area contributed by atoms with Crippen molar-refractivity contribution in [1.29, 1.82) is 0 Å². The fraction of sp³-hybridized carbons (Fsp3) is 0.133. The van der Waals surface area contributed by atoms with E-state index in [4.69, 9.17) is 5.84 Å². The monoisotopic (exact) mass is 300 g/mol. The third kappa shape index (κ3) is 3.04. The van der Waals surface area contributed by atoms with Crippen molar-refractivity contribution in [3.63, 3.8) is 0 Å². The Morgan fingerprint density at radius 1 is 1.18 bits per heavy atom. The molecule has 0 atom stereocenters. The Balaban J connectivity index is 2.26. The Morgan fingerprint density at radius 3 is 2.55 bits per heavy atom. The van der Waals surface area contributed by atoms with Gasteiger partial charge in [-0.2, -0.15) is 5.01 Å². The first kappa shape index (κ1) is 15.5. The molecule has 7 nitrogen and oxygen atoms in total. The molecular weight excluding hydrogens is 284 g/mol. The Morgan fingerprint density at radius 2 is 1.86 bits per heavy atom. The second-order valence-electron chi connectivity index (χ2n) is 4.83. The van der Waals surface area contributed by atoms with Crippen LogP contribution in [0.2, 0.25) is 0 Å². The molecule has 114 valence electrons. The average molecular weight is 300 g/mol. The zero-order valence-corrected chi connectivity index (χ0v) is 12.2. The number of hydrogen-bond donors (Lipinski definition) is 2. The van der Waals surface area contributed by atoms with Gasteiger partial charge in [0.2, 0.25) is 0 Å². The summed E-state index contributed by atoms with van der Waals surface area (Å²) >= 11 is 0. The van der Waals surface area contributed by atoms with Crippen LogP contribution in [-0.4, -0.2) is 36.9 Å². The van der Waals surface area contributed by atoms with Gasteiger partial charge in [0.05, 0.1) is 0 Å². The van der Waals surface area contributed by atoms with Crippen molar-refractivity contribution in [2.75, 3.05) is 19.0 Å². The van der Waals surface area contributed by atoms with Crippen LogP contribution in [0.5, 0.6) is 0 Å². The number of nitrogens with two attached hydrogens (primary N) is 1. The highest BCUT2D eigenvalue weighted by molar-refractivity contribution is 6.28. The molecule has 2 rings (SSSR count). The SMILES string of the molecule is CN(C)c1ccccc1/C=C/C=C1/C(=O)NC(=O)N(N)C1=O. The molecule has 1 heterocycles. The quantitative estimate of drug-likeness (QED) is 0.370.